The second-order valence-corrected chi connectivity index (χ2v) is 12.7. The normalized spacial score (nSPS) is 15.4. The van der Waals surface area contributed by atoms with Gasteiger partial charge in [-0.3, -0.25) is 9.97 Å². The fourth-order valence-electron chi connectivity index (χ4n) is 2.71. The van der Waals surface area contributed by atoms with Crippen LogP contribution in [0.15, 0.2) is 45.4 Å². The van der Waals surface area contributed by atoms with Crippen LogP contribution >= 0.6 is 0 Å². The van der Waals surface area contributed by atoms with Crippen LogP contribution in [0.25, 0.3) is 0 Å². The van der Waals surface area contributed by atoms with E-state index in [1.54, 1.807) is 19.4 Å². The molecule has 2 aromatic heterocycles. The molecular weight excluding hydrogens is 641 g/mol. The standard InChI is InChI=1S/C11H10F5N3OS.C11H10F5N3S.CH4.B/c1-7(21(2,20)19-6-17)8-3-4-9(18-5-8)10(12,13)11(14,15)16;1-7(20(2)19-6-17)8-3-4-9(18-5-8)10(12,13)11(14,15)16;;/h3-5,7H,1-2H3;3-5,7H,1-2H3;1H4;. The molecule has 3 radical (unpaired) electrons. The van der Waals surface area contributed by atoms with Crippen LogP contribution in [0.3, 0.4) is 0 Å². The lowest BCUT2D eigenvalue weighted by Crippen LogP contribution is -2.34. The van der Waals surface area contributed by atoms with Crippen molar-refractivity contribution in [3.05, 3.63) is 59.2 Å². The smallest absolute Gasteiger partial charge is 0.254 e. The van der Waals surface area contributed by atoms with Gasteiger partial charge in [0.2, 0.25) is 12.4 Å². The van der Waals surface area contributed by atoms with Crippen molar-refractivity contribution in [2.75, 3.05) is 12.5 Å². The number of nitrogens with zero attached hydrogens (tertiary/aromatic N) is 6. The Labute approximate surface area is 246 Å². The average molecular weight is 665 g/mol. The summed E-state index contributed by atoms with van der Waals surface area (Å²) in [5.74, 6) is -10.1. The minimum Gasteiger partial charge on any atom is -0.254 e. The van der Waals surface area contributed by atoms with E-state index < -0.39 is 61.3 Å². The van der Waals surface area contributed by atoms with E-state index in [9.17, 15) is 48.1 Å². The summed E-state index contributed by atoms with van der Waals surface area (Å²) in [4.78, 5) is 6.28. The van der Waals surface area contributed by atoms with E-state index in [2.05, 4.69) is 18.7 Å². The predicted octanol–water partition coefficient (Wildman–Crippen LogP) is 7.34. The molecule has 20 heteroatoms. The number of aromatic nitrogens is 2. The van der Waals surface area contributed by atoms with E-state index in [-0.39, 0.29) is 26.7 Å². The molecule has 0 aliphatic heterocycles. The molecule has 0 N–H and O–H groups in total. The zero-order valence-corrected chi connectivity index (χ0v) is 23.5. The van der Waals surface area contributed by atoms with Gasteiger partial charge in [-0.25, -0.2) is 4.21 Å². The van der Waals surface area contributed by atoms with E-state index in [0.29, 0.717) is 17.7 Å². The maximum absolute atomic E-state index is 13.0. The lowest BCUT2D eigenvalue weighted by atomic mass is 10.1. The first-order valence-electron chi connectivity index (χ1n) is 10.7. The zero-order chi connectivity index (χ0) is 32.0. The summed E-state index contributed by atoms with van der Waals surface area (Å²) in [5.41, 5.74) is -2.22. The summed E-state index contributed by atoms with van der Waals surface area (Å²) in [5, 5.41) is 15.7. The Bertz CT molecular complexity index is 1440. The average Bonchev–Trinajstić information content (AvgIpc) is 2.87. The highest BCUT2D eigenvalue weighted by atomic mass is 32.2. The highest BCUT2D eigenvalue weighted by Gasteiger charge is 2.60. The van der Waals surface area contributed by atoms with Crippen LogP contribution in [-0.4, -0.2) is 47.5 Å². The first-order valence-corrected chi connectivity index (χ1v) is 14.3. The van der Waals surface area contributed by atoms with Crippen molar-refractivity contribution in [1.82, 2.24) is 9.97 Å². The minimum atomic E-state index is -5.75. The summed E-state index contributed by atoms with van der Waals surface area (Å²) < 4.78 is 144. The van der Waals surface area contributed by atoms with Gasteiger partial charge in [-0.15, -0.1) is 4.36 Å². The Morgan fingerprint density at radius 1 is 0.814 bits per heavy atom. The van der Waals surface area contributed by atoms with Crippen LogP contribution in [0.2, 0.25) is 0 Å². The van der Waals surface area contributed by atoms with Gasteiger partial charge in [0, 0.05) is 32.3 Å². The van der Waals surface area contributed by atoms with Crippen molar-refractivity contribution in [3.8, 4) is 12.4 Å². The molecule has 0 saturated carbocycles. The number of rotatable bonds is 6. The largest absolute Gasteiger partial charge is 0.459 e. The lowest BCUT2D eigenvalue weighted by molar-refractivity contribution is -0.291. The molecule has 0 bridgehead atoms. The van der Waals surface area contributed by atoms with Gasteiger partial charge in [0.15, 0.2) is 0 Å². The molecule has 43 heavy (non-hydrogen) atoms. The van der Waals surface area contributed by atoms with E-state index >= 15 is 0 Å². The van der Waals surface area contributed by atoms with Crippen molar-refractivity contribution in [3.63, 3.8) is 0 Å². The molecule has 0 fully saturated rings. The van der Waals surface area contributed by atoms with E-state index in [0.717, 1.165) is 24.5 Å². The van der Waals surface area contributed by atoms with Gasteiger partial charge in [-0.1, -0.05) is 30.3 Å². The molecule has 2 heterocycles. The monoisotopic (exact) mass is 665 g/mol. The van der Waals surface area contributed by atoms with Crippen LogP contribution in [0.4, 0.5) is 43.9 Å². The molecule has 0 aromatic carbocycles. The maximum Gasteiger partial charge on any atom is 0.459 e. The third-order valence-corrected chi connectivity index (χ3v) is 9.14. The summed E-state index contributed by atoms with van der Waals surface area (Å²) in [7, 11) is -3.67. The summed E-state index contributed by atoms with van der Waals surface area (Å²) in [6, 6.07) is 3.26. The topological polar surface area (TPSA) is 115 Å². The number of halogens is 10. The van der Waals surface area contributed by atoms with Crippen LogP contribution < -0.4 is 0 Å². The number of hydrogen-bond donors (Lipinski definition) is 0. The van der Waals surface area contributed by atoms with Crippen molar-refractivity contribution >= 4 is 28.8 Å². The quantitative estimate of drug-likeness (QED) is 0.182. The zero-order valence-electron chi connectivity index (χ0n) is 21.9. The molecule has 0 aliphatic rings. The second-order valence-electron chi connectivity index (χ2n) is 8.15. The van der Waals surface area contributed by atoms with Crippen LogP contribution in [0.5, 0.6) is 0 Å². The van der Waals surface area contributed by atoms with Gasteiger partial charge in [-0.05, 0) is 43.4 Å². The van der Waals surface area contributed by atoms with Crippen molar-refractivity contribution in [2.45, 2.75) is 56.0 Å². The van der Waals surface area contributed by atoms with Crippen LogP contribution in [-0.2, 0) is 32.3 Å². The van der Waals surface area contributed by atoms with Crippen LogP contribution in [0, 0.1) is 22.9 Å². The Hall–Kier alpha value is -3.26. The number of hydrogen-bond acceptors (Lipinski definition) is 7. The molecule has 0 saturated heterocycles. The lowest BCUT2D eigenvalue weighted by Gasteiger charge is -2.19. The molecule has 2 rings (SSSR count). The number of pyridine rings is 2. The molecule has 4 atom stereocenters. The Kier molecular flexibility index (Phi) is 15.1. The fourth-order valence-corrected chi connectivity index (χ4v) is 4.49. The van der Waals surface area contributed by atoms with Gasteiger partial charge >= 0.3 is 24.2 Å². The summed E-state index contributed by atoms with van der Waals surface area (Å²) in [6.07, 6.45) is -3.87. The highest BCUT2D eigenvalue weighted by Crippen LogP contribution is 2.44. The van der Waals surface area contributed by atoms with Crippen molar-refractivity contribution in [2.24, 2.45) is 8.73 Å². The fraction of sp³-hybridized carbons (Fsp3) is 0.478. The van der Waals surface area contributed by atoms with E-state index in [4.69, 9.17) is 10.5 Å². The Morgan fingerprint density at radius 3 is 1.51 bits per heavy atom. The SMILES string of the molecule is C.CC(c1ccc(C(F)(F)C(F)(F)F)nc1)S(C)(=O)=NC#N.CC(c1ccc(C(F)(F)C(F)(F)F)nc1)S(C)=NC#N.[B]. The number of nitriles is 2. The molecule has 237 valence electrons. The Morgan fingerprint density at radius 2 is 1.21 bits per heavy atom. The molecule has 7 nitrogen and oxygen atoms in total. The van der Waals surface area contributed by atoms with Crippen molar-refractivity contribution < 1.29 is 48.1 Å². The second kappa shape index (κ2) is 15.5. The molecular formula is C23H24BF10N6OS2. The molecule has 2 aromatic rings. The molecule has 4 unspecified atom stereocenters. The van der Waals surface area contributed by atoms with Gasteiger partial charge < -0.3 is 0 Å². The first-order chi connectivity index (χ1) is 18.5. The third-order valence-electron chi connectivity index (χ3n) is 5.44. The first kappa shape index (κ1) is 41.9. The van der Waals surface area contributed by atoms with E-state index in [1.165, 1.54) is 19.4 Å². The van der Waals surface area contributed by atoms with Gasteiger partial charge in [0.1, 0.15) is 11.4 Å². The van der Waals surface area contributed by atoms with Crippen LogP contribution in [0.1, 0.15) is 54.3 Å². The van der Waals surface area contributed by atoms with E-state index in [1.807, 2.05) is 0 Å². The molecule has 0 spiro atoms. The molecule has 0 aliphatic carbocycles. The predicted molar refractivity (Wildman–Crippen MR) is 141 cm³/mol. The Balaban J connectivity index is 0. The third kappa shape index (κ3) is 10.2. The van der Waals surface area contributed by atoms with Gasteiger partial charge in [-0.2, -0.15) is 58.8 Å². The van der Waals surface area contributed by atoms with Crippen molar-refractivity contribution in [1.29, 1.82) is 10.5 Å². The van der Waals surface area contributed by atoms with Gasteiger partial charge in [0.05, 0.1) is 15.0 Å². The number of alkyl halides is 10. The highest BCUT2D eigenvalue weighted by molar-refractivity contribution is 7.93. The van der Waals surface area contributed by atoms with Gasteiger partial charge in [0.25, 0.3) is 0 Å². The summed E-state index contributed by atoms with van der Waals surface area (Å²) >= 11 is 0. The molecule has 0 amide bonds. The summed E-state index contributed by atoms with van der Waals surface area (Å²) in [6.45, 7) is 3.09. The maximum atomic E-state index is 13.0. The minimum absolute atomic E-state index is 0.